The lowest BCUT2D eigenvalue weighted by molar-refractivity contribution is -0.141. The number of fused-ring (bicyclic) bond motifs is 1. The van der Waals surface area contributed by atoms with Crippen molar-refractivity contribution in [3.8, 4) is 0 Å². The van der Waals surface area contributed by atoms with Crippen LogP contribution >= 0.6 is 0 Å². The maximum absolute atomic E-state index is 13.4. The number of carbonyl (C=O) groups excluding carboxylic acids is 3. The highest BCUT2D eigenvalue weighted by Gasteiger charge is 2.41. The molecule has 3 rings (SSSR count). The summed E-state index contributed by atoms with van der Waals surface area (Å²) in [5, 5.41) is 2.95. The summed E-state index contributed by atoms with van der Waals surface area (Å²) >= 11 is 0. The minimum Gasteiger partial charge on any atom is -0.352 e. The third-order valence-corrected chi connectivity index (χ3v) is 8.14. The van der Waals surface area contributed by atoms with Crippen LogP contribution in [0.4, 0.5) is 0 Å². The van der Waals surface area contributed by atoms with E-state index in [0.717, 1.165) is 21.9 Å². The van der Waals surface area contributed by atoms with Crippen LogP contribution in [0.2, 0.25) is 0 Å². The fraction of sp³-hybridized carbons (Fsp3) is 0.423. The van der Waals surface area contributed by atoms with Crippen LogP contribution in [-0.2, 0) is 26.2 Å². The maximum Gasteiger partial charge on any atom is 0.269 e. The predicted molar refractivity (Wildman–Crippen MR) is 133 cm³/mol. The van der Waals surface area contributed by atoms with E-state index in [1.54, 1.807) is 12.1 Å². The Morgan fingerprint density at radius 2 is 1.69 bits per heavy atom. The molecule has 0 bridgehead atoms. The first-order valence-electron chi connectivity index (χ1n) is 11.9. The van der Waals surface area contributed by atoms with Gasteiger partial charge in [-0.3, -0.25) is 14.4 Å². The average Bonchev–Trinajstić information content (AvgIpc) is 3.03. The molecule has 1 aliphatic heterocycles. The molecule has 0 spiro atoms. The first-order valence-corrected chi connectivity index (χ1v) is 13.4. The number of carbonyl (C=O) groups is 3. The number of hydrogen-bond donors (Lipinski definition) is 1. The molecular formula is C26H33N3O5S. The predicted octanol–water partition coefficient (Wildman–Crippen LogP) is 3.25. The molecule has 8 nitrogen and oxygen atoms in total. The summed E-state index contributed by atoms with van der Waals surface area (Å²) < 4.78 is 26.5. The van der Waals surface area contributed by atoms with Crippen molar-refractivity contribution in [1.29, 1.82) is 0 Å². The number of rotatable bonds is 10. The summed E-state index contributed by atoms with van der Waals surface area (Å²) in [6.07, 6.45) is 0.924. The van der Waals surface area contributed by atoms with Gasteiger partial charge in [-0.1, -0.05) is 55.8 Å². The quantitative estimate of drug-likeness (QED) is 0.540. The van der Waals surface area contributed by atoms with Gasteiger partial charge in [0.1, 0.15) is 10.9 Å². The van der Waals surface area contributed by atoms with E-state index >= 15 is 0 Å². The van der Waals surface area contributed by atoms with Crippen LogP contribution in [0.5, 0.6) is 0 Å². The third-order valence-electron chi connectivity index (χ3n) is 6.30. The van der Waals surface area contributed by atoms with Crippen LogP contribution in [0.1, 0.15) is 61.5 Å². The van der Waals surface area contributed by atoms with Gasteiger partial charge in [-0.05, 0) is 44.4 Å². The van der Waals surface area contributed by atoms with Crippen molar-refractivity contribution in [3.63, 3.8) is 0 Å². The Bertz CT molecular complexity index is 1190. The summed E-state index contributed by atoms with van der Waals surface area (Å²) in [7, 11) is -4.01. The molecule has 35 heavy (non-hydrogen) atoms. The summed E-state index contributed by atoms with van der Waals surface area (Å²) in [6, 6.07) is 12.9. The smallest absolute Gasteiger partial charge is 0.269 e. The molecule has 0 radical (unpaired) electrons. The van der Waals surface area contributed by atoms with E-state index in [9.17, 15) is 22.8 Å². The zero-order valence-electron chi connectivity index (χ0n) is 20.7. The van der Waals surface area contributed by atoms with Crippen molar-refractivity contribution in [2.45, 2.75) is 70.5 Å². The summed E-state index contributed by atoms with van der Waals surface area (Å²) in [5.41, 5.74) is 2.04. The largest absolute Gasteiger partial charge is 0.352 e. The standard InChI is InChI=1S/C26H33N3O5S/c1-5-19(4)27-25(31)22(6-2)28(17-20-13-11-18(3)12-14-20)24(30)15-16-29-26(32)21-9-7-8-10-23(21)35(29,33)34/h7-14,19,22H,5-6,15-17H2,1-4H3,(H,27,31)/t19-,22+/m1/s1. The van der Waals surface area contributed by atoms with E-state index in [-0.39, 0.29) is 41.9 Å². The Morgan fingerprint density at radius 1 is 1.03 bits per heavy atom. The van der Waals surface area contributed by atoms with E-state index in [1.165, 1.54) is 17.0 Å². The van der Waals surface area contributed by atoms with Gasteiger partial charge in [-0.2, -0.15) is 0 Å². The van der Waals surface area contributed by atoms with E-state index < -0.39 is 27.9 Å². The summed E-state index contributed by atoms with van der Waals surface area (Å²) in [5.74, 6) is -1.28. The SMILES string of the molecule is CC[C@@H](C)NC(=O)[C@H](CC)N(Cc1ccc(C)cc1)C(=O)CCN1C(=O)c2ccccc2S1(=O)=O. The topological polar surface area (TPSA) is 104 Å². The zero-order valence-corrected chi connectivity index (χ0v) is 21.5. The maximum atomic E-state index is 13.4. The van der Waals surface area contributed by atoms with Gasteiger partial charge < -0.3 is 10.2 Å². The van der Waals surface area contributed by atoms with Crippen LogP contribution in [0, 0.1) is 6.92 Å². The lowest BCUT2D eigenvalue weighted by atomic mass is 10.1. The van der Waals surface area contributed by atoms with Crippen molar-refractivity contribution < 1.29 is 22.8 Å². The number of aryl methyl sites for hydroxylation is 1. The van der Waals surface area contributed by atoms with Gasteiger partial charge in [-0.15, -0.1) is 0 Å². The second-order valence-corrected chi connectivity index (χ2v) is 10.7. The average molecular weight is 500 g/mol. The minimum absolute atomic E-state index is 0.0428. The molecule has 0 saturated heterocycles. The van der Waals surface area contributed by atoms with Gasteiger partial charge in [0.25, 0.3) is 15.9 Å². The lowest BCUT2D eigenvalue weighted by Gasteiger charge is -2.32. The highest BCUT2D eigenvalue weighted by atomic mass is 32.2. The van der Waals surface area contributed by atoms with E-state index in [4.69, 9.17) is 0 Å². The van der Waals surface area contributed by atoms with E-state index in [2.05, 4.69) is 5.32 Å². The molecule has 1 heterocycles. The highest BCUT2D eigenvalue weighted by molar-refractivity contribution is 7.90. The van der Waals surface area contributed by atoms with Crippen LogP contribution in [0.15, 0.2) is 53.4 Å². The molecule has 2 aromatic carbocycles. The summed E-state index contributed by atoms with van der Waals surface area (Å²) in [6.45, 7) is 7.58. The molecule has 2 aromatic rings. The Kier molecular flexibility index (Phi) is 8.32. The van der Waals surface area contributed by atoms with Gasteiger partial charge in [0, 0.05) is 25.6 Å². The molecular weight excluding hydrogens is 466 g/mol. The second kappa shape index (κ2) is 11.0. The summed E-state index contributed by atoms with van der Waals surface area (Å²) in [4.78, 5) is 40.6. The Hall–Kier alpha value is -3.20. The van der Waals surface area contributed by atoms with Crippen molar-refractivity contribution >= 4 is 27.7 Å². The van der Waals surface area contributed by atoms with Crippen molar-refractivity contribution in [2.24, 2.45) is 0 Å². The number of amides is 3. The van der Waals surface area contributed by atoms with E-state index in [0.29, 0.717) is 6.42 Å². The molecule has 0 aliphatic carbocycles. The van der Waals surface area contributed by atoms with Gasteiger partial charge in [-0.25, -0.2) is 12.7 Å². The molecule has 1 N–H and O–H groups in total. The van der Waals surface area contributed by atoms with Crippen molar-refractivity contribution in [3.05, 3.63) is 65.2 Å². The molecule has 2 atom stereocenters. The number of nitrogens with zero attached hydrogens (tertiary/aromatic N) is 2. The molecule has 9 heteroatoms. The van der Waals surface area contributed by atoms with Gasteiger partial charge in [0.2, 0.25) is 11.8 Å². The fourth-order valence-electron chi connectivity index (χ4n) is 4.04. The number of benzene rings is 2. The number of nitrogens with one attached hydrogen (secondary N) is 1. The monoisotopic (exact) mass is 499 g/mol. The lowest BCUT2D eigenvalue weighted by Crippen LogP contribution is -2.51. The second-order valence-electron chi connectivity index (χ2n) is 8.88. The van der Waals surface area contributed by atoms with Gasteiger partial charge in [0.15, 0.2) is 0 Å². The minimum atomic E-state index is -4.01. The number of sulfonamides is 1. The Labute approximate surface area is 207 Å². The van der Waals surface area contributed by atoms with Crippen molar-refractivity contribution in [1.82, 2.24) is 14.5 Å². The van der Waals surface area contributed by atoms with Crippen LogP contribution in [-0.4, -0.2) is 54.0 Å². The Morgan fingerprint density at radius 3 is 2.29 bits per heavy atom. The van der Waals surface area contributed by atoms with Crippen LogP contribution in [0.3, 0.4) is 0 Å². The Balaban J connectivity index is 1.82. The molecule has 1 aliphatic rings. The molecule has 0 aromatic heterocycles. The van der Waals surface area contributed by atoms with Crippen LogP contribution in [0.25, 0.3) is 0 Å². The first-order chi connectivity index (χ1) is 16.6. The molecule has 3 amide bonds. The first kappa shape index (κ1) is 26.4. The van der Waals surface area contributed by atoms with E-state index in [1.807, 2.05) is 52.0 Å². The zero-order chi connectivity index (χ0) is 25.8. The molecule has 0 unspecified atom stereocenters. The fourth-order valence-corrected chi connectivity index (χ4v) is 5.61. The number of hydrogen-bond acceptors (Lipinski definition) is 5. The van der Waals surface area contributed by atoms with Gasteiger partial charge >= 0.3 is 0 Å². The molecule has 0 saturated carbocycles. The third kappa shape index (κ3) is 5.73. The van der Waals surface area contributed by atoms with Gasteiger partial charge in [0.05, 0.1) is 5.56 Å². The normalized spacial score (nSPS) is 15.9. The highest BCUT2D eigenvalue weighted by Crippen LogP contribution is 2.30. The van der Waals surface area contributed by atoms with Crippen molar-refractivity contribution in [2.75, 3.05) is 6.54 Å². The molecule has 0 fully saturated rings. The molecule has 188 valence electrons. The van der Waals surface area contributed by atoms with Crippen LogP contribution < -0.4 is 5.32 Å².